The maximum absolute atomic E-state index is 6.34. The summed E-state index contributed by atoms with van der Waals surface area (Å²) in [6.07, 6.45) is 2.51. The van der Waals surface area contributed by atoms with Crippen molar-refractivity contribution in [3.63, 3.8) is 0 Å². The summed E-state index contributed by atoms with van der Waals surface area (Å²) in [5, 5.41) is 7.11. The van der Waals surface area contributed by atoms with Crippen molar-refractivity contribution in [2.75, 3.05) is 5.01 Å². The Kier molecular flexibility index (Phi) is 7.30. The van der Waals surface area contributed by atoms with Crippen molar-refractivity contribution in [2.24, 2.45) is 5.10 Å². The van der Waals surface area contributed by atoms with E-state index in [1.54, 1.807) is 6.20 Å². The van der Waals surface area contributed by atoms with Gasteiger partial charge in [-0.05, 0) is 28.8 Å². The van der Waals surface area contributed by atoms with E-state index in [4.69, 9.17) is 19.6 Å². The van der Waals surface area contributed by atoms with Gasteiger partial charge in [0.25, 0.3) is 0 Å². The van der Waals surface area contributed by atoms with E-state index >= 15 is 0 Å². The molecule has 0 saturated heterocycles. The molecule has 5 nitrogen and oxygen atoms in total. The Labute approximate surface area is 229 Å². The van der Waals surface area contributed by atoms with E-state index in [0.717, 1.165) is 40.2 Å². The van der Waals surface area contributed by atoms with Crippen LogP contribution in [0.15, 0.2) is 139 Å². The molecule has 1 unspecified atom stereocenters. The quantitative estimate of drug-likeness (QED) is 0.204. The third-order valence-electron chi connectivity index (χ3n) is 6.71. The fraction of sp³-hybridized carbons (Fsp3) is 0.118. The molecular formula is C34H29N3O2. The molecule has 192 valence electrons. The summed E-state index contributed by atoms with van der Waals surface area (Å²) in [4.78, 5) is 4.87. The van der Waals surface area contributed by atoms with Crippen LogP contribution in [-0.2, 0) is 13.2 Å². The SMILES string of the molecule is c1ccc(COc2cnc(C3CC(c4ccccc4)=NN3c3ccccc3)cc2OCc2ccccc2)cc1. The Balaban J connectivity index is 1.32. The minimum Gasteiger partial charge on any atom is -0.485 e. The van der Waals surface area contributed by atoms with E-state index in [2.05, 4.69) is 41.4 Å². The number of benzene rings is 4. The van der Waals surface area contributed by atoms with Gasteiger partial charge in [-0.1, -0.05) is 109 Å². The molecule has 0 fully saturated rings. The molecule has 0 N–H and O–H groups in total. The molecule has 0 bridgehead atoms. The molecule has 0 radical (unpaired) electrons. The minimum atomic E-state index is -0.0788. The Morgan fingerprint density at radius 2 is 1.18 bits per heavy atom. The van der Waals surface area contributed by atoms with Gasteiger partial charge in [0, 0.05) is 12.5 Å². The second kappa shape index (κ2) is 11.7. The lowest BCUT2D eigenvalue weighted by Gasteiger charge is -2.24. The predicted molar refractivity (Wildman–Crippen MR) is 155 cm³/mol. The monoisotopic (exact) mass is 511 g/mol. The maximum atomic E-state index is 6.34. The van der Waals surface area contributed by atoms with Crippen molar-refractivity contribution >= 4 is 11.4 Å². The Morgan fingerprint density at radius 3 is 1.79 bits per heavy atom. The van der Waals surface area contributed by atoms with Gasteiger partial charge >= 0.3 is 0 Å². The summed E-state index contributed by atoms with van der Waals surface area (Å²) in [6.45, 7) is 0.870. The number of anilines is 1. The van der Waals surface area contributed by atoms with Crippen LogP contribution in [0.4, 0.5) is 5.69 Å². The van der Waals surface area contributed by atoms with Crippen LogP contribution in [0.5, 0.6) is 11.5 Å². The highest BCUT2D eigenvalue weighted by Crippen LogP contribution is 2.39. The van der Waals surface area contributed by atoms with Crippen LogP contribution in [-0.4, -0.2) is 10.7 Å². The molecule has 6 rings (SSSR count). The molecular weight excluding hydrogens is 482 g/mol. The number of ether oxygens (including phenoxy) is 2. The van der Waals surface area contributed by atoms with Gasteiger partial charge in [0.05, 0.1) is 23.3 Å². The van der Waals surface area contributed by atoms with E-state index < -0.39 is 0 Å². The molecule has 5 aromatic rings. The van der Waals surface area contributed by atoms with Crippen molar-refractivity contribution in [1.29, 1.82) is 0 Å². The molecule has 1 aromatic heterocycles. The molecule has 0 amide bonds. The van der Waals surface area contributed by atoms with Crippen LogP contribution in [0, 0.1) is 0 Å². The molecule has 0 aliphatic carbocycles. The van der Waals surface area contributed by atoms with Crippen molar-refractivity contribution in [2.45, 2.75) is 25.7 Å². The Bertz CT molecular complexity index is 1520. The smallest absolute Gasteiger partial charge is 0.179 e. The van der Waals surface area contributed by atoms with Crippen LogP contribution < -0.4 is 14.5 Å². The van der Waals surface area contributed by atoms with Crippen LogP contribution >= 0.6 is 0 Å². The number of nitrogens with zero attached hydrogens (tertiary/aromatic N) is 3. The number of hydrogen-bond donors (Lipinski definition) is 0. The number of rotatable bonds is 9. The zero-order chi connectivity index (χ0) is 26.3. The third-order valence-corrected chi connectivity index (χ3v) is 6.71. The zero-order valence-electron chi connectivity index (χ0n) is 21.6. The lowest BCUT2D eigenvalue weighted by molar-refractivity contribution is 0.254. The van der Waals surface area contributed by atoms with E-state index in [1.165, 1.54) is 0 Å². The average molecular weight is 512 g/mol. The molecule has 1 aliphatic heterocycles. The molecule has 39 heavy (non-hydrogen) atoms. The summed E-state index contributed by atoms with van der Waals surface area (Å²) in [5.41, 5.74) is 6.22. The summed E-state index contributed by atoms with van der Waals surface area (Å²) in [6, 6.07) is 42.8. The predicted octanol–water partition coefficient (Wildman–Crippen LogP) is 7.60. The van der Waals surface area contributed by atoms with Gasteiger partial charge in [-0.15, -0.1) is 0 Å². The van der Waals surface area contributed by atoms with Crippen molar-refractivity contribution in [3.8, 4) is 11.5 Å². The number of para-hydroxylation sites is 1. The first-order valence-electron chi connectivity index (χ1n) is 13.1. The number of pyridine rings is 1. The molecule has 5 heteroatoms. The molecule has 1 atom stereocenters. The minimum absolute atomic E-state index is 0.0788. The first-order valence-corrected chi connectivity index (χ1v) is 13.1. The normalized spacial score (nSPS) is 14.6. The molecule has 0 saturated carbocycles. The van der Waals surface area contributed by atoms with Crippen molar-refractivity contribution in [1.82, 2.24) is 4.98 Å². The Morgan fingerprint density at radius 1 is 0.641 bits per heavy atom. The van der Waals surface area contributed by atoms with Crippen LogP contribution in [0.3, 0.4) is 0 Å². The van der Waals surface area contributed by atoms with E-state index in [1.807, 2.05) is 91.0 Å². The van der Waals surface area contributed by atoms with Crippen LogP contribution in [0.25, 0.3) is 0 Å². The number of aromatic nitrogens is 1. The zero-order valence-corrected chi connectivity index (χ0v) is 21.6. The summed E-state index contributed by atoms with van der Waals surface area (Å²) >= 11 is 0. The number of hydrazone groups is 1. The lowest BCUT2D eigenvalue weighted by atomic mass is 10.0. The van der Waals surface area contributed by atoms with Gasteiger partial charge in [0.1, 0.15) is 19.3 Å². The average Bonchev–Trinajstić information content (AvgIpc) is 3.47. The van der Waals surface area contributed by atoms with E-state index in [9.17, 15) is 0 Å². The topological polar surface area (TPSA) is 47.0 Å². The van der Waals surface area contributed by atoms with Crippen LogP contribution in [0.2, 0.25) is 0 Å². The highest BCUT2D eigenvalue weighted by Gasteiger charge is 2.31. The number of hydrogen-bond acceptors (Lipinski definition) is 5. The molecule has 2 heterocycles. The molecule has 1 aliphatic rings. The van der Waals surface area contributed by atoms with Gasteiger partial charge in [0.15, 0.2) is 11.5 Å². The van der Waals surface area contributed by atoms with Crippen LogP contribution in [0.1, 0.15) is 34.8 Å². The summed E-state index contributed by atoms with van der Waals surface area (Å²) in [7, 11) is 0. The highest BCUT2D eigenvalue weighted by molar-refractivity contribution is 6.03. The fourth-order valence-electron chi connectivity index (χ4n) is 4.68. The van der Waals surface area contributed by atoms with Crippen molar-refractivity contribution in [3.05, 3.63) is 156 Å². The van der Waals surface area contributed by atoms with Gasteiger partial charge in [-0.3, -0.25) is 9.99 Å². The van der Waals surface area contributed by atoms with E-state index in [0.29, 0.717) is 24.7 Å². The van der Waals surface area contributed by atoms with Gasteiger partial charge in [-0.2, -0.15) is 5.10 Å². The largest absolute Gasteiger partial charge is 0.485 e. The lowest BCUT2D eigenvalue weighted by Crippen LogP contribution is -2.19. The maximum Gasteiger partial charge on any atom is 0.179 e. The van der Waals surface area contributed by atoms with Gasteiger partial charge in [-0.25, -0.2) is 0 Å². The molecule has 4 aromatic carbocycles. The fourth-order valence-corrected chi connectivity index (χ4v) is 4.68. The second-order valence-corrected chi connectivity index (χ2v) is 9.42. The highest BCUT2D eigenvalue weighted by atomic mass is 16.5. The standard InChI is InChI=1S/C34H29N3O2/c1-5-13-26(14-6-1)24-38-33-22-31(35-23-34(33)39-25-27-15-7-2-8-16-27)32-21-30(28-17-9-3-10-18-28)36-37(32)29-19-11-4-12-20-29/h1-20,22-23,32H,21,24-25H2. The van der Waals surface area contributed by atoms with Gasteiger partial charge < -0.3 is 9.47 Å². The van der Waals surface area contributed by atoms with Crippen molar-refractivity contribution < 1.29 is 9.47 Å². The molecule has 0 spiro atoms. The van der Waals surface area contributed by atoms with E-state index in [-0.39, 0.29) is 6.04 Å². The summed E-state index contributed by atoms with van der Waals surface area (Å²) < 4.78 is 12.5. The Hall–Kier alpha value is -4.90. The second-order valence-electron chi connectivity index (χ2n) is 9.42. The summed E-state index contributed by atoms with van der Waals surface area (Å²) in [5.74, 6) is 1.29. The first kappa shape index (κ1) is 24.4. The first-order chi connectivity index (χ1) is 19.3. The van der Waals surface area contributed by atoms with Gasteiger partial charge in [0.2, 0.25) is 0 Å². The third kappa shape index (κ3) is 5.83.